The molecule has 20 heteroatoms. The number of nitro benzene ring substituents is 2. The number of rotatable bonds is 20. The van der Waals surface area contributed by atoms with Crippen molar-refractivity contribution in [2.75, 3.05) is 36.1 Å². The van der Waals surface area contributed by atoms with E-state index in [1.54, 1.807) is 60.7 Å². The monoisotopic (exact) mass is 1300 g/mol. The molecule has 5 aliphatic rings. The van der Waals surface area contributed by atoms with E-state index in [2.05, 4.69) is 61.8 Å². The highest BCUT2D eigenvalue weighted by molar-refractivity contribution is 7.16. The number of fused-ring (bicyclic) bond motifs is 4. The maximum absolute atomic E-state index is 16.3. The van der Waals surface area contributed by atoms with Crippen molar-refractivity contribution in [3.8, 4) is 43.9 Å². The Hall–Kier alpha value is -8.88. The van der Waals surface area contributed by atoms with Crippen molar-refractivity contribution in [1.29, 1.82) is 0 Å². The number of alkyl halides is 6. The summed E-state index contributed by atoms with van der Waals surface area (Å²) < 4.78 is 123. The Morgan fingerprint density at radius 1 is 0.495 bits per heavy atom. The molecule has 93 heavy (non-hydrogen) atoms. The van der Waals surface area contributed by atoms with E-state index in [9.17, 15) is 20.2 Å². The molecular formula is C73H66F6N4O8S2. The van der Waals surface area contributed by atoms with Gasteiger partial charge in [0.05, 0.1) is 33.9 Å². The van der Waals surface area contributed by atoms with Crippen LogP contribution in [0.4, 0.5) is 49.1 Å². The van der Waals surface area contributed by atoms with E-state index < -0.39 is 61.0 Å². The van der Waals surface area contributed by atoms with Gasteiger partial charge in [0.2, 0.25) is 11.4 Å². The molecule has 0 N–H and O–H groups in total. The molecule has 0 fully saturated rings. The van der Waals surface area contributed by atoms with E-state index in [4.69, 9.17) is 18.9 Å². The van der Waals surface area contributed by atoms with Gasteiger partial charge in [-0.05, 0) is 223 Å². The Labute approximate surface area is 542 Å². The summed E-state index contributed by atoms with van der Waals surface area (Å²) in [6, 6.07) is 42.0. The van der Waals surface area contributed by atoms with E-state index in [-0.39, 0.29) is 32.3 Å². The van der Waals surface area contributed by atoms with Gasteiger partial charge in [-0.2, -0.15) is 26.3 Å². The maximum Gasteiger partial charge on any atom is 0.380 e. The molecule has 0 saturated heterocycles. The predicted octanol–water partition coefficient (Wildman–Crippen LogP) is 19.7. The third-order valence-electron chi connectivity index (χ3n) is 19.2. The standard InChI is InChI=1S/C73H66F6N4O8S2/c1-45-55(43-63(92-45)47-21-27-53(28-22-47)88-39-15-7-13-37-80-59-19-11-9-17-57(59)67(3,4)69(80)35-33-49-41-51(82(84)85)25-31-61(49)90-69)65-66(72(76,77)73(78,79)71(65,74)75)56-44-64(93-46(56)2)48-23-29-54(30-24-48)89-40-16-8-14-38-81-60-20-12-10-18-58(60)68(5,6)70(81)36-34-50-42-52(83(86)87)26-32-62(50)91-70/h9-12,17-36,41-44H,7-8,13-16,37-40H2,1-6H3. The average molecular weight is 1310 g/mol. The lowest BCUT2D eigenvalue weighted by atomic mass is 9.76. The smallest absolute Gasteiger partial charge is 0.380 e. The first-order chi connectivity index (χ1) is 44.3. The lowest BCUT2D eigenvalue weighted by Gasteiger charge is -2.47. The van der Waals surface area contributed by atoms with Gasteiger partial charge >= 0.3 is 17.8 Å². The highest BCUT2D eigenvalue weighted by Gasteiger charge is 2.80. The second-order valence-corrected chi connectivity index (χ2v) is 27.8. The highest BCUT2D eigenvalue weighted by atomic mass is 32.1. The lowest BCUT2D eigenvalue weighted by Crippen LogP contribution is -2.59. The SMILES string of the molecule is Cc1sc(-c2ccc(OCCCCCN3c4ccccc4C(C)(C)C34C=Cc3cc([N+](=O)[O-])ccc3O4)cc2)cc1C1=C(c2cc(-c3ccc(OCCCCCN4c5ccccc5C(C)(C)C45C=Cc4cc([N+](=O)[O-])ccc4O5)cc3)sc2C)C(F)(F)C(F)(F)C1(F)F. The van der Waals surface area contributed by atoms with E-state index in [1.807, 2.05) is 48.6 Å². The van der Waals surface area contributed by atoms with Crippen molar-refractivity contribution in [2.24, 2.45) is 0 Å². The minimum absolute atomic E-state index is 0.0137. The van der Waals surface area contributed by atoms with Crippen molar-refractivity contribution < 1.29 is 55.1 Å². The minimum Gasteiger partial charge on any atom is -0.494 e. The number of benzene rings is 6. The second-order valence-electron chi connectivity index (χ2n) is 25.3. The number of nitro groups is 2. The van der Waals surface area contributed by atoms with Gasteiger partial charge in [0.25, 0.3) is 11.4 Å². The van der Waals surface area contributed by atoms with Crippen molar-refractivity contribution in [3.05, 3.63) is 221 Å². The molecule has 6 aromatic carbocycles. The normalized spacial score (nSPS) is 20.3. The summed E-state index contributed by atoms with van der Waals surface area (Å²) in [6.07, 6.45) is 12.4. The molecule has 0 amide bonds. The van der Waals surface area contributed by atoms with Crippen LogP contribution in [0.15, 0.2) is 158 Å². The first-order valence-electron chi connectivity index (χ1n) is 31.0. The van der Waals surface area contributed by atoms with Gasteiger partial charge in [-0.15, -0.1) is 22.7 Å². The fourth-order valence-corrected chi connectivity index (χ4v) is 16.1. The number of non-ortho nitro benzene ring substituents is 2. The van der Waals surface area contributed by atoms with Gasteiger partial charge in [0.15, 0.2) is 0 Å². The van der Waals surface area contributed by atoms with Gasteiger partial charge < -0.3 is 28.7 Å². The molecule has 2 atom stereocenters. The van der Waals surface area contributed by atoms with Crippen molar-refractivity contribution in [3.63, 3.8) is 0 Å². The van der Waals surface area contributed by atoms with Gasteiger partial charge in [-0.1, -0.05) is 36.4 Å². The van der Waals surface area contributed by atoms with Gasteiger partial charge in [0, 0.05) is 90.5 Å². The fraction of sp³-hybridized carbons (Fsp3) is 0.315. The summed E-state index contributed by atoms with van der Waals surface area (Å²) in [5.74, 6) is -14.0. The Morgan fingerprint density at radius 3 is 1.27 bits per heavy atom. The van der Waals surface area contributed by atoms with Crippen LogP contribution in [0.25, 0.3) is 44.2 Å². The van der Waals surface area contributed by atoms with Gasteiger partial charge in [-0.3, -0.25) is 20.2 Å². The molecule has 0 radical (unpaired) electrons. The van der Waals surface area contributed by atoms with Gasteiger partial charge in [-0.25, -0.2) is 0 Å². The molecule has 6 heterocycles. The fourth-order valence-electron chi connectivity index (χ4n) is 14.1. The number of hydrogen-bond donors (Lipinski definition) is 0. The number of unbranched alkanes of at least 4 members (excludes halogenated alkanes) is 4. The van der Waals surface area contributed by atoms with E-state index in [0.717, 1.165) is 70.9 Å². The third-order valence-corrected chi connectivity index (χ3v) is 21.4. The van der Waals surface area contributed by atoms with Crippen molar-refractivity contribution in [2.45, 2.75) is 120 Å². The summed E-state index contributed by atoms with van der Waals surface area (Å²) >= 11 is 2.10. The molecule has 12 nitrogen and oxygen atoms in total. The van der Waals surface area contributed by atoms with E-state index in [1.165, 1.54) is 50.2 Å². The van der Waals surface area contributed by atoms with Crippen LogP contribution in [-0.4, -0.2) is 65.4 Å². The van der Waals surface area contributed by atoms with Crippen LogP contribution in [0, 0.1) is 34.1 Å². The van der Waals surface area contributed by atoms with E-state index >= 15 is 26.3 Å². The van der Waals surface area contributed by atoms with Crippen LogP contribution in [-0.2, 0) is 10.8 Å². The van der Waals surface area contributed by atoms with Gasteiger partial charge in [0.1, 0.15) is 23.0 Å². The van der Waals surface area contributed by atoms with E-state index in [0.29, 0.717) is 94.2 Å². The number of anilines is 2. The molecule has 0 saturated carbocycles. The summed E-state index contributed by atoms with van der Waals surface area (Å²) in [7, 11) is 0. The molecule has 1 aliphatic carbocycles. The summed E-state index contributed by atoms with van der Waals surface area (Å²) in [4.78, 5) is 27.9. The maximum atomic E-state index is 16.3. The third kappa shape index (κ3) is 10.2. The molecule has 480 valence electrons. The molecule has 8 aromatic rings. The zero-order valence-corrected chi connectivity index (χ0v) is 53.5. The molecule has 2 spiro atoms. The number of allylic oxidation sites excluding steroid dienone is 2. The Kier molecular flexibility index (Phi) is 15.8. The molecule has 0 bridgehead atoms. The summed E-state index contributed by atoms with van der Waals surface area (Å²) in [6.45, 7) is 13.6. The Morgan fingerprint density at radius 2 is 0.882 bits per heavy atom. The predicted molar refractivity (Wildman–Crippen MR) is 354 cm³/mol. The largest absolute Gasteiger partial charge is 0.494 e. The number of para-hydroxylation sites is 2. The Bertz CT molecular complexity index is 4090. The molecule has 4 aliphatic heterocycles. The van der Waals surface area contributed by atoms with Crippen molar-refractivity contribution >= 4 is 68.7 Å². The number of hydrogen-bond acceptors (Lipinski definition) is 12. The second kappa shape index (κ2) is 23.3. The first kappa shape index (κ1) is 62.9. The zero-order chi connectivity index (χ0) is 65.6. The molecule has 2 unspecified atom stereocenters. The number of ether oxygens (including phenoxy) is 4. The topological polar surface area (TPSA) is 130 Å². The van der Waals surface area contributed by atoms with Crippen LogP contribution >= 0.6 is 22.7 Å². The van der Waals surface area contributed by atoms with Crippen LogP contribution in [0.1, 0.15) is 109 Å². The number of aryl methyl sites for hydroxylation is 2. The number of nitrogens with zero attached hydrogens (tertiary/aromatic N) is 4. The minimum atomic E-state index is -5.73. The Balaban J connectivity index is 0.637. The van der Waals surface area contributed by atoms with Crippen molar-refractivity contribution in [1.82, 2.24) is 0 Å². The summed E-state index contributed by atoms with van der Waals surface area (Å²) in [5, 5.41) is 23.0. The first-order valence-corrected chi connectivity index (χ1v) is 32.6. The zero-order valence-electron chi connectivity index (χ0n) is 51.9. The van der Waals surface area contributed by atoms with Crippen LogP contribution in [0.2, 0.25) is 0 Å². The highest BCUT2D eigenvalue weighted by Crippen LogP contribution is 2.67. The molecular weight excluding hydrogens is 1240 g/mol. The molecule has 2 aromatic heterocycles. The van der Waals surface area contributed by atoms with Crippen LogP contribution < -0.4 is 28.7 Å². The van der Waals surface area contributed by atoms with Crippen LogP contribution in [0.3, 0.4) is 0 Å². The van der Waals surface area contributed by atoms with Crippen LogP contribution in [0.5, 0.6) is 23.0 Å². The quantitative estimate of drug-likeness (QED) is 0.0315. The summed E-state index contributed by atoms with van der Waals surface area (Å²) in [5.41, 5.74) is 0.464. The number of thiophene rings is 2. The number of halogens is 6. The lowest BCUT2D eigenvalue weighted by molar-refractivity contribution is -0.385. The molecule has 13 rings (SSSR count). The average Bonchev–Trinajstić information content (AvgIpc) is 1.55.